The quantitative estimate of drug-likeness (QED) is 0.644. The minimum absolute atomic E-state index is 0.198. The van der Waals surface area contributed by atoms with E-state index in [0.717, 1.165) is 17.7 Å². The van der Waals surface area contributed by atoms with Gasteiger partial charge in [0, 0.05) is 23.6 Å². The van der Waals surface area contributed by atoms with E-state index in [1.54, 1.807) is 22.8 Å². The summed E-state index contributed by atoms with van der Waals surface area (Å²) in [6, 6.07) is 11.7. The summed E-state index contributed by atoms with van der Waals surface area (Å²) in [6.07, 6.45) is -2.74. The molecule has 4 rings (SSSR count). The van der Waals surface area contributed by atoms with Gasteiger partial charge in [0.1, 0.15) is 11.9 Å². The predicted octanol–water partition coefficient (Wildman–Crippen LogP) is 4.46. The molecule has 0 bridgehead atoms. The number of alkyl halides is 3. The van der Waals surface area contributed by atoms with Gasteiger partial charge in [-0.1, -0.05) is 35.9 Å². The third kappa shape index (κ3) is 4.18. The Kier molecular flexibility index (Phi) is 5.51. The number of hydrogen-bond acceptors (Lipinski definition) is 3. The molecule has 1 aliphatic rings. The number of amides is 1. The lowest BCUT2D eigenvalue weighted by atomic mass is 10.1. The third-order valence-corrected chi connectivity index (χ3v) is 5.35. The van der Waals surface area contributed by atoms with Crippen LogP contribution in [0.25, 0.3) is 11.4 Å². The molecular weight excluding hydrogens is 417 g/mol. The fraction of sp³-hybridized carbons (Fsp3) is 0.286. The molecule has 1 amide bonds. The van der Waals surface area contributed by atoms with Gasteiger partial charge in [-0.15, -0.1) is 10.2 Å². The van der Waals surface area contributed by atoms with Crippen molar-refractivity contribution in [3.8, 4) is 11.4 Å². The van der Waals surface area contributed by atoms with Gasteiger partial charge in [0.25, 0.3) is 0 Å². The second kappa shape index (κ2) is 8.10. The van der Waals surface area contributed by atoms with Gasteiger partial charge >= 0.3 is 6.18 Å². The van der Waals surface area contributed by atoms with Crippen molar-refractivity contribution in [2.45, 2.75) is 31.5 Å². The molecule has 30 heavy (non-hydrogen) atoms. The van der Waals surface area contributed by atoms with Crippen LogP contribution in [0.4, 0.5) is 13.2 Å². The first-order valence-electron chi connectivity index (χ1n) is 9.46. The second-order valence-corrected chi connectivity index (χ2v) is 7.55. The minimum atomic E-state index is -4.46. The molecule has 0 aliphatic carbocycles. The van der Waals surface area contributed by atoms with E-state index >= 15 is 0 Å². The highest BCUT2D eigenvalue weighted by Gasteiger charge is 2.34. The van der Waals surface area contributed by atoms with Gasteiger partial charge in [-0.2, -0.15) is 13.2 Å². The fourth-order valence-electron chi connectivity index (χ4n) is 3.60. The molecule has 9 heteroatoms. The van der Waals surface area contributed by atoms with E-state index in [1.807, 2.05) is 12.1 Å². The number of nitrogens with one attached hydrogen (secondary N) is 1. The Bertz CT molecular complexity index is 1060. The summed E-state index contributed by atoms with van der Waals surface area (Å²) < 4.78 is 40.9. The molecule has 1 unspecified atom stereocenters. The van der Waals surface area contributed by atoms with E-state index in [4.69, 9.17) is 11.6 Å². The normalized spacial score (nSPS) is 15.8. The molecule has 2 heterocycles. The van der Waals surface area contributed by atoms with Gasteiger partial charge in [0.15, 0.2) is 5.82 Å². The Hall–Kier alpha value is -2.87. The van der Waals surface area contributed by atoms with Crippen molar-refractivity contribution in [2.24, 2.45) is 0 Å². The van der Waals surface area contributed by atoms with E-state index in [0.29, 0.717) is 36.7 Å². The van der Waals surface area contributed by atoms with Crippen molar-refractivity contribution in [1.82, 2.24) is 20.1 Å². The maximum absolute atomic E-state index is 13.1. The molecule has 0 fully saturated rings. The van der Waals surface area contributed by atoms with Gasteiger partial charge in [-0.3, -0.25) is 9.36 Å². The highest BCUT2D eigenvalue weighted by molar-refractivity contribution is 6.30. The second-order valence-electron chi connectivity index (χ2n) is 7.11. The van der Waals surface area contributed by atoms with Gasteiger partial charge < -0.3 is 5.32 Å². The lowest BCUT2D eigenvalue weighted by molar-refractivity contribution is -0.137. The lowest BCUT2D eigenvalue weighted by Gasteiger charge is -2.16. The first-order chi connectivity index (χ1) is 14.3. The molecule has 5 nitrogen and oxygen atoms in total. The number of halogens is 4. The standard InChI is InChI=1S/C21H18ClF3N4O/c22-16-6-4-13(5-7-16)10-11-26-20(30)17-8-9-18-27-28-19(29(17)18)14-2-1-3-15(12-14)21(23,24)25/h1-7,12,17H,8-11H2,(H,26,30). The van der Waals surface area contributed by atoms with E-state index in [2.05, 4.69) is 15.5 Å². The Morgan fingerprint density at radius 2 is 1.93 bits per heavy atom. The molecule has 156 valence electrons. The highest BCUT2D eigenvalue weighted by atomic mass is 35.5. The maximum Gasteiger partial charge on any atom is 0.416 e. The van der Waals surface area contributed by atoms with Crippen LogP contribution in [0.2, 0.25) is 5.02 Å². The SMILES string of the molecule is O=C(NCCc1ccc(Cl)cc1)C1CCc2nnc(-c3cccc(C(F)(F)F)c3)n21. The summed E-state index contributed by atoms with van der Waals surface area (Å²) in [6.45, 7) is 0.438. The number of hydrogen-bond donors (Lipinski definition) is 1. The zero-order chi connectivity index (χ0) is 21.3. The zero-order valence-electron chi connectivity index (χ0n) is 15.8. The third-order valence-electron chi connectivity index (χ3n) is 5.10. The zero-order valence-corrected chi connectivity index (χ0v) is 16.5. The number of carbonyl (C=O) groups is 1. The van der Waals surface area contributed by atoms with Crippen LogP contribution in [0.15, 0.2) is 48.5 Å². The van der Waals surface area contributed by atoms with Crippen LogP contribution in [0.5, 0.6) is 0 Å². The summed E-state index contributed by atoms with van der Waals surface area (Å²) in [7, 11) is 0. The molecule has 0 saturated heterocycles. The molecule has 2 aromatic carbocycles. The van der Waals surface area contributed by atoms with Gasteiger partial charge in [0.05, 0.1) is 5.56 Å². The summed E-state index contributed by atoms with van der Waals surface area (Å²) in [5.41, 5.74) is 0.560. The van der Waals surface area contributed by atoms with Gasteiger partial charge in [0.2, 0.25) is 5.91 Å². The van der Waals surface area contributed by atoms with Crippen LogP contribution >= 0.6 is 11.6 Å². The van der Waals surface area contributed by atoms with Crippen molar-refractivity contribution in [1.29, 1.82) is 0 Å². The van der Waals surface area contributed by atoms with Crippen LogP contribution in [-0.2, 0) is 23.8 Å². The highest BCUT2D eigenvalue weighted by Crippen LogP contribution is 2.35. The maximum atomic E-state index is 13.1. The Balaban J connectivity index is 1.50. The molecule has 1 aliphatic heterocycles. The van der Waals surface area contributed by atoms with Crippen LogP contribution in [0, 0.1) is 0 Å². The number of nitrogens with zero attached hydrogens (tertiary/aromatic N) is 3. The average Bonchev–Trinajstić information content (AvgIpc) is 3.31. The fourth-order valence-corrected chi connectivity index (χ4v) is 3.72. The van der Waals surface area contributed by atoms with Crippen molar-refractivity contribution >= 4 is 17.5 Å². The number of fused-ring (bicyclic) bond motifs is 1. The van der Waals surface area contributed by atoms with Crippen LogP contribution in [-0.4, -0.2) is 27.2 Å². The summed E-state index contributed by atoms with van der Waals surface area (Å²) in [4.78, 5) is 12.8. The Morgan fingerprint density at radius 3 is 2.67 bits per heavy atom. The molecule has 1 atom stereocenters. The number of aromatic nitrogens is 3. The molecule has 3 aromatic rings. The van der Waals surface area contributed by atoms with Crippen molar-refractivity contribution < 1.29 is 18.0 Å². The van der Waals surface area contributed by atoms with Gasteiger partial charge in [-0.25, -0.2) is 0 Å². The largest absolute Gasteiger partial charge is 0.416 e. The molecular formula is C21H18ClF3N4O. The van der Waals surface area contributed by atoms with E-state index in [-0.39, 0.29) is 17.3 Å². The van der Waals surface area contributed by atoms with Gasteiger partial charge in [-0.05, 0) is 42.7 Å². The van der Waals surface area contributed by atoms with E-state index in [1.165, 1.54) is 6.07 Å². The van der Waals surface area contributed by atoms with Crippen LogP contribution < -0.4 is 5.32 Å². The van der Waals surface area contributed by atoms with Crippen molar-refractivity contribution in [3.05, 3.63) is 70.5 Å². The first-order valence-corrected chi connectivity index (χ1v) is 9.84. The monoisotopic (exact) mass is 434 g/mol. The first kappa shape index (κ1) is 20.4. The minimum Gasteiger partial charge on any atom is -0.354 e. The predicted molar refractivity (Wildman–Crippen MR) is 106 cm³/mol. The Labute approximate surface area is 175 Å². The van der Waals surface area contributed by atoms with E-state index in [9.17, 15) is 18.0 Å². The smallest absolute Gasteiger partial charge is 0.354 e. The number of benzene rings is 2. The molecule has 1 aromatic heterocycles. The summed E-state index contributed by atoms with van der Waals surface area (Å²) in [5.74, 6) is 0.669. The Morgan fingerprint density at radius 1 is 1.17 bits per heavy atom. The molecule has 1 N–H and O–H groups in total. The molecule has 0 spiro atoms. The lowest BCUT2D eigenvalue weighted by Crippen LogP contribution is -2.32. The van der Waals surface area contributed by atoms with Crippen LogP contribution in [0.1, 0.15) is 29.4 Å². The number of aryl methyl sites for hydroxylation is 1. The average molecular weight is 435 g/mol. The summed E-state index contributed by atoms with van der Waals surface area (Å²) in [5, 5.41) is 11.7. The molecule has 0 saturated carbocycles. The molecule has 0 radical (unpaired) electrons. The van der Waals surface area contributed by atoms with Crippen molar-refractivity contribution in [3.63, 3.8) is 0 Å². The number of carbonyl (C=O) groups excluding carboxylic acids is 1. The topological polar surface area (TPSA) is 59.8 Å². The van der Waals surface area contributed by atoms with Crippen molar-refractivity contribution in [2.75, 3.05) is 6.54 Å². The van der Waals surface area contributed by atoms with E-state index < -0.39 is 17.8 Å². The number of rotatable bonds is 5. The summed E-state index contributed by atoms with van der Waals surface area (Å²) >= 11 is 5.87. The van der Waals surface area contributed by atoms with Crippen LogP contribution in [0.3, 0.4) is 0 Å².